The third-order valence-electron chi connectivity index (χ3n) is 5.48. The second-order valence-corrected chi connectivity index (χ2v) is 16.4. The van der Waals surface area contributed by atoms with Crippen molar-refractivity contribution >= 4 is 23.2 Å². The second kappa shape index (κ2) is 9.83. The number of benzene rings is 2. The SMILES string of the molecule is FC(F)(F)c1ccc([O][Zr]([O]c2ccc(C(F)(F)F)cc2Cl)([CH]2C=CC=C2)[CH]2C=CC=C2)c(Cl)c1. The second-order valence-electron chi connectivity index (χ2n) is 7.80. The van der Waals surface area contributed by atoms with Gasteiger partial charge in [-0.3, -0.25) is 0 Å². The van der Waals surface area contributed by atoms with Gasteiger partial charge in [0.25, 0.3) is 0 Å². The van der Waals surface area contributed by atoms with E-state index in [-0.39, 0.29) is 21.5 Å². The van der Waals surface area contributed by atoms with Gasteiger partial charge in [0.2, 0.25) is 0 Å². The number of allylic oxidation sites excluding steroid dienone is 8. The van der Waals surface area contributed by atoms with E-state index in [1.54, 1.807) is 24.3 Å². The van der Waals surface area contributed by atoms with E-state index in [0.717, 1.165) is 36.4 Å². The Balaban J connectivity index is 1.80. The van der Waals surface area contributed by atoms with Crippen LogP contribution in [-0.4, -0.2) is 0 Å². The normalized spacial score (nSPS) is 16.5. The molecule has 0 bridgehead atoms. The molecule has 0 fully saturated rings. The summed E-state index contributed by atoms with van der Waals surface area (Å²) in [4.78, 5) is 0. The first-order valence-corrected chi connectivity index (χ1v) is 15.8. The van der Waals surface area contributed by atoms with Crippen molar-refractivity contribution in [2.45, 2.75) is 19.6 Å². The minimum absolute atomic E-state index is 0.0131. The van der Waals surface area contributed by atoms with Crippen LogP contribution in [0.2, 0.25) is 17.3 Å². The summed E-state index contributed by atoms with van der Waals surface area (Å²) in [5.41, 5.74) is -1.88. The Morgan fingerprint density at radius 3 is 1.23 bits per heavy atom. The van der Waals surface area contributed by atoms with Crippen molar-refractivity contribution in [3.05, 3.63) is 106 Å². The molecule has 2 aliphatic rings. The predicted molar refractivity (Wildman–Crippen MR) is 118 cm³/mol. The molecule has 0 radical (unpaired) electrons. The van der Waals surface area contributed by atoms with E-state index in [9.17, 15) is 26.3 Å². The van der Waals surface area contributed by atoms with Gasteiger partial charge in [-0.05, 0) is 0 Å². The number of halogens is 8. The standard InChI is InChI=1S/2C7H4ClF3O.2C5H5.Zr/c2*8-5-3-4(7(9,10)11)1-2-6(5)12;2*1-2-4-5-3-1;/h2*1-3,12H;2*1-5H;/q;;;;+2/p-2. The molecule has 2 aromatic carbocycles. The molecule has 0 aromatic heterocycles. The number of hydrogen-bond acceptors (Lipinski definition) is 2. The Hall–Kier alpha value is -1.96. The molecule has 0 atom stereocenters. The van der Waals surface area contributed by atoms with E-state index in [4.69, 9.17) is 28.8 Å². The van der Waals surface area contributed by atoms with Crippen molar-refractivity contribution in [3.8, 4) is 11.5 Å². The van der Waals surface area contributed by atoms with Gasteiger partial charge in [0.1, 0.15) is 0 Å². The van der Waals surface area contributed by atoms with Gasteiger partial charge in [-0.15, -0.1) is 0 Å². The zero-order valence-electron chi connectivity index (χ0n) is 17.6. The van der Waals surface area contributed by atoms with Gasteiger partial charge in [0.15, 0.2) is 0 Å². The number of hydrogen-bond donors (Lipinski definition) is 0. The molecule has 2 aliphatic carbocycles. The van der Waals surface area contributed by atoms with E-state index < -0.39 is 51.9 Å². The Morgan fingerprint density at radius 1 is 0.600 bits per heavy atom. The first-order valence-electron chi connectivity index (χ1n) is 10.2. The van der Waals surface area contributed by atoms with Crippen molar-refractivity contribution in [1.82, 2.24) is 0 Å². The average Bonchev–Trinajstić information content (AvgIpc) is 3.49. The third-order valence-corrected chi connectivity index (χ3v) is 15.2. The monoisotopic (exact) mass is 610 g/mol. The summed E-state index contributed by atoms with van der Waals surface area (Å²) >= 11 is 7.68. The van der Waals surface area contributed by atoms with Gasteiger partial charge in [-0.1, -0.05) is 0 Å². The van der Waals surface area contributed by atoms with Crippen molar-refractivity contribution in [1.29, 1.82) is 0 Å². The third kappa shape index (κ3) is 5.57. The minimum atomic E-state index is -4.70. The Kier molecular flexibility index (Phi) is 7.34. The molecule has 0 heterocycles. The van der Waals surface area contributed by atoms with Gasteiger partial charge in [0, 0.05) is 0 Å². The summed E-state index contributed by atoms with van der Waals surface area (Å²) in [6.07, 6.45) is 5.20. The van der Waals surface area contributed by atoms with Crippen molar-refractivity contribution in [3.63, 3.8) is 0 Å². The summed E-state index contributed by atoms with van der Waals surface area (Å²) in [5.74, 6) is -0.0261. The van der Waals surface area contributed by atoms with E-state index in [1.807, 2.05) is 24.3 Å². The molecule has 11 heteroatoms. The average molecular weight is 613 g/mol. The van der Waals surface area contributed by atoms with Crippen LogP contribution >= 0.6 is 23.2 Å². The molecule has 0 aliphatic heterocycles. The Bertz CT molecular complexity index is 1110. The van der Waals surface area contributed by atoms with Crippen LogP contribution < -0.4 is 5.63 Å². The van der Waals surface area contributed by atoms with Crippen LogP contribution in [0.3, 0.4) is 0 Å². The van der Waals surface area contributed by atoms with Crippen molar-refractivity contribution < 1.29 is 53.1 Å². The maximum atomic E-state index is 13.1. The molecule has 4 rings (SSSR count). The zero-order valence-corrected chi connectivity index (χ0v) is 21.5. The van der Waals surface area contributed by atoms with Crippen LogP contribution in [-0.2, 0) is 33.5 Å². The van der Waals surface area contributed by atoms with Crippen LogP contribution in [0.25, 0.3) is 0 Å². The fraction of sp³-hybridized carbons (Fsp3) is 0.167. The number of rotatable bonds is 6. The molecular weight excluding hydrogens is 596 g/mol. The zero-order chi connectivity index (χ0) is 25.4. The van der Waals surface area contributed by atoms with E-state index in [2.05, 4.69) is 0 Å². The quantitative estimate of drug-likeness (QED) is 0.303. The molecular formula is C24H16Cl2F6O2Zr. The van der Waals surface area contributed by atoms with Crippen molar-refractivity contribution in [2.24, 2.45) is 0 Å². The van der Waals surface area contributed by atoms with Crippen LogP contribution in [0.4, 0.5) is 26.3 Å². The molecule has 184 valence electrons. The Labute approximate surface area is 212 Å². The van der Waals surface area contributed by atoms with Crippen molar-refractivity contribution in [2.75, 3.05) is 0 Å². The van der Waals surface area contributed by atoms with Gasteiger partial charge < -0.3 is 0 Å². The molecule has 0 unspecified atom stereocenters. The van der Waals surface area contributed by atoms with Crippen LogP contribution in [0.15, 0.2) is 85.0 Å². The molecule has 2 nitrogen and oxygen atoms in total. The van der Waals surface area contributed by atoms with Crippen LogP contribution in [0, 0.1) is 0 Å². The first kappa shape index (κ1) is 26.1. The van der Waals surface area contributed by atoms with E-state index >= 15 is 0 Å². The first-order chi connectivity index (χ1) is 16.4. The van der Waals surface area contributed by atoms with Gasteiger partial charge in [-0.2, -0.15) is 0 Å². The summed E-state index contributed by atoms with van der Waals surface area (Å²) in [5, 5.41) is -0.528. The fourth-order valence-corrected chi connectivity index (χ4v) is 13.4. The summed E-state index contributed by atoms with van der Waals surface area (Å²) in [6, 6.07) is 5.48. The molecule has 0 spiro atoms. The van der Waals surface area contributed by atoms with Crippen LogP contribution in [0.5, 0.6) is 11.5 Å². The molecule has 0 saturated carbocycles. The summed E-state index contributed by atoms with van der Waals surface area (Å²) < 4.78 is 90.9. The molecule has 2 aromatic rings. The van der Waals surface area contributed by atoms with Gasteiger partial charge in [-0.25, -0.2) is 0 Å². The molecule has 0 saturated heterocycles. The van der Waals surface area contributed by atoms with Gasteiger partial charge in [0.05, 0.1) is 0 Å². The topological polar surface area (TPSA) is 18.5 Å². The number of alkyl halides is 6. The predicted octanol–water partition coefficient (Wildman–Crippen LogP) is 9.30. The van der Waals surface area contributed by atoms with Gasteiger partial charge >= 0.3 is 214 Å². The fourth-order valence-electron chi connectivity index (χ4n) is 3.78. The maximum absolute atomic E-state index is 13.1. The summed E-state index contributed by atoms with van der Waals surface area (Å²) in [6.45, 7) is 0. The van der Waals surface area contributed by atoms with Crippen LogP contribution in [0.1, 0.15) is 11.1 Å². The molecule has 35 heavy (non-hydrogen) atoms. The molecule has 0 amide bonds. The van der Waals surface area contributed by atoms with E-state index in [1.165, 1.54) is 0 Å². The van der Waals surface area contributed by atoms with E-state index in [0.29, 0.717) is 0 Å². The molecule has 0 N–H and O–H groups in total. The summed E-state index contributed by atoms with van der Waals surface area (Å²) in [7, 11) is 0. The Morgan fingerprint density at radius 2 is 0.943 bits per heavy atom.